The van der Waals surface area contributed by atoms with E-state index in [0.29, 0.717) is 26.3 Å². The minimum atomic E-state index is -0.528. The highest BCUT2D eigenvalue weighted by Crippen LogP contribution is 2.06. The van der Waals surface area contributed by atoms with Gasteiger partial charge < -0.3 is 20.1 Å². The molecule has 1 aromatic rings. The number of ether oxygens (including phenoxy) is 2. The molecule has 2 N–H and O–H groups in total. The van der Waals surface area contributed by atoms with Gasteiger partial charge >= 0.3 is 0 Å². The zero-order valence-corrected chi connectivity index (χ0v) is 13.8. The smallest absolute Gasteiger partial charge is 0.239 e. The first-order valence-corrected chi connectivity index (χ1v) is 7.89. The van der Waals surface area contributed by atoms with E-state index >= 15 is 0 Å². The molecule has 0 aromatic heterocycles. The molecule has 124 valence electrons. The van der Waals surface area contributed by atoms with Gasteiger partial charge in [0.1, 0.15) is 0 Å². The maximum atomic E-state index is 12.3. The molecule has 0 unspecified atom stereocenters. The van der Waals surface area contributed by atoms with Gasteiger partial charge in [0.25, 0.3) is 0 Å². The van der Waals surface area contributed by atoms with Crippen molar-refractivity contribution in [3.8, 4) is 0 Å². The van der Waals surface area contributed by atoms with Crippen LogP contribution < -0.4 is 5.73 Å². The summed E-state index contributed by atoms with van der Waals surface area (Å²) in [5.41, 5.74) is 6.95. The Bertz CT molecular complexity index is 417. The highest BCUT2D eigenvalue weighted by molar-refractivity contribution is 5.81. The number of carbonyl (C=O) groups is 1. The van der Waals surface area contributed by atoms with Crippen LogP contribution in [0.4, 0.5) is 0 Å². The third-order valence-corrected chi connectivity index (χ3v) is 3.29. The van der Waals surface area contributed by atoms with E-state index in [1.807, 2.05) is 32.0 Å². The molecule has 1 aromatic carbocycles. The highest BCUT2D eigenvalue weighted by atomic mass is 16.7. The lowest BCUT2D eigenvalue weighted by molar-refractivity contribution is -0.159. The molecule has 5 nitrogen and oxygen atoms in total. The van der Waals surface area contributed by atoms with Crippen molar-refractivity contribution in [2.45, 2.75) is 39.5 Å². The van der Waals surface area contributed by atoms with Gasteiger partial charge in [0.05, 0.1) is 12.6 Å². The number of benzene rings is 1. The normalized spacial score (nSPS) is 12.4. The molecule has 0 aliphatic carbocycles. The van der Waals surface area contributed by atoms with Gasteiger partial charge in [-0.15, -0.1) is 0 Å². The average Bonchev–Trinajstić information content (AvgIpc) is 2.52. The van der Waals surface area contributed by atoms with Gasteiger partial charge in [0.2, 0.25) is 5.91 Å². The molecule has 0 aliphatic heterocycles. The van der Waals surface area contributed by atoms with Crippen LogP contribution in [-0.2, 0) is 20.7 Å². The van der Waals surface area contributed by atoms with Crippen LogP contribution in [0.1, 0.15) is 26.3 Å². The first-order chi connectivity index (χ1) is 10.6. The number of nitrogens with zero attached hydrogens (tertiary/aromatic N) is 1. The van der Waals surface area contributed by atoms with Gasteiger partial charge in [0.15, 0.2) is 6.29 Å². The molecule has 0 radical (unpaired) electrons. The second kappa shape index (κ2) is 10.3. The molecule has 0 heterocycles. The standard InChI is InChI=1S/C17H28N2O3/c1-4-21-16(22-5-2)13-19(17(20)14(3)18)12-11-15-9-7-6-8-10-15/h6-10,14,16H,4-5,11-13,18H2,1-3H3/t14-/m0/s1. The molecule has 22 heavy (non-hydrogen) atoms. The van der Waals surface area contributed by atoms with Crippen molar-refractivity contribution in [3.05, 3.63) is 35.9 Å². The first-order valence-electron chi connectivity index (χ1n) is 7.89. The number of hydrogen-bond acceptors (Lipinski definition) is 4. The summed E-state index contributed by atoms with van der Waals surface area (Å²) in [6.45, 7) is 7.61. The van der Waals surface area contributed by atoms with E-state index in [1.165, 1.54) is 5.56 Å². The summed E-state index contributed by atoms with van der Waals surface area (Å²) in [4.78, 5) is 14.0. The van der Waals surface area contributed by atoms with Crippen LogP contribution in [0.15, 0.2) is 30.3 Å². The summed E-state index contributed by atoms with van der Waals surface area (Å²) in [7, 11) is 0. The summed E-state index contributed by atoms with van der Waals surface area (Å²) < 4.78 is 11.1. The van der Waals surface area contributed by atoms with E-state index in [1.54, 1.807) is 11.8 Å². The minimum absolute atomic E-state index is 0.0830. The van der Waals surface area contributed by atoms with Gasteiger partial charge in [-0.3, -0.25) is 4.79 Å². The Kier molecular flexibility index (Phi) is 8.74. The monoisotopic (exact) mass is 308 g/mol. The molecule has 0 spiro atoms. The van der Waals surface area contributed by atoms with Crippen LogP contribution in [0.2, 0.25) is 0 Å². The zero-order valence-electron chi connectivity index (χ0n) is 13.8. The lowest BCUT2D eigenvalue weighted by Crippen LogP contribution is -2.47. The maximum Gasteiger partial charge on any atom is 0.239 e. The van der Waals surface area contributed by atoms with E-state index < -0.39 is 12.3 Å². The second-order valence-corrected chi connectivity index (χ2v) is 5.15. The molecule has 0 bridgehead atoms. The number of carbonyl (C=O) groups excluding carboxylic acids is 1. The van der Waals surface area contributed by atoms with Crippen LogP contribution >= 0.6 is 0 Å². The lowest BCUT2D eigenvalue weighted by atomic mass is 10.1. The van der Waals surface area contributed by atoms with Crippen LogP contribution in [0.5, 0.6) is 0 Å². The van der Waals surface area contributed by atoms with E-state index in [9.17, 15) is 4.79 Å². The predicted molar refractivity (Wildman–Crippen MR) is 87.4 cm³/mol. The van der Waals surface area contributed by atoms with Crippen molar-refractivity contribution >= 4 is 5.91 Å². The Hall–Kier alpha value is -1.43. The molecule has 0 saturated heterocycles. The van der Waals surface area contributed by atoms with E-state index in [2.05, 4.69) is 12.1 Å². The fourth-order valence-electron chi connectivity index (χ4n) is 2.19. The van der Waals surface area contributed by atoms with Gasteiger partial charge in [-0.1, -0.05) is 30.3 Å². The topological polar surface area (TPSA) is 64.8 Å². The molecule has 1 amide bonds. The van der Waals surface area contributed by atoms with Crippen molar-refractivity contribution < 1.29 is 14.3 Å². The second-order valence-electron chi connectivity index (χ2n) is 5.15. The number of amides is 1. The van der Waals surface area contributed by atoms with E-state index in [-0.39, 0.29) is 5.91 Å². The van der Waals surface area contributed by atoms with Gasteiger partial charge in [-0.25, -0.2) is 0 Å². The third kappa shape index (κ3) is 6.56. The molecule has 0 fully saturated rings. The Morgan fingerprint density at radius 2 is 1.77 bits per heavy atom. The number of nitrogens with two attached hydrogens (primary N) is 1. The van der Waals surface area contributed by atoms with Crippen LogP contribution in [0.3, 0.4) is 0 Å². The highest BCUT2D eigenvalue weighted by Gasteiger charge is 2.21. The summed E-state index contributed by atoms with van der Waals surface area (Å²) >= 11 is 0. The zero-order chi connectivity index (χ0) is 16.4. The van der Waals surface area contributed by atoms with Crippen molar-refractivity contribution in [2.24, 2.45) is 5.73 Å². The third-order valence-electron chi connectivity index (χ3n) is 3.29. The Morgan fingerprint density at radius 1 is 1.18 bits per heavy atom. The van der Waals surface area contributed by atoms with Gasteiger partial charge in [0, 0.05) is 19.8 Å². The summed E-state index contributed by atoms with van der Waals surface area (Å²) in [5.74, 6) is -0.0830. The van der Waals surface area contributed by atoms with Crippen LogP contribution in [-0.4, -0.2) is 49.4 Å². The number of rotatable bonds is 10. The average molecular weight is 308 g/mol. The van der Waals surface area contributed by atoms with E-state index in [4.69, 9.17) is 15.2 Å². The predicted octanol–water partition coefficient (Wildman–Crippen LogP) is 1.80. The molecular formula is C17H28N2O3. The molecule has 1 rings (SSSR count). The summed E-state index contributed by atoms with van der Waals surface area (Å²) in [6, 6.07) is 9.55. The quantitative estimate of drug-likeness (QED) is 0.670. The molecular weight excluding hydrogens is 280 g/mol. The summed E-state index contributed by atoms with van der Waals surface area (Å²) in [5, 5.41) is 0. The van der Waals surface area contributed by atoms with Crippen molar-refractivity contribution in [2.75, 3.05) is 26.3 Å². The minimum Gasteiger partial charge on any atom is -0.351 e. The fourth-order valence-corrected chi connectivity index (χ4v) is 2.19. The fraction of sp³-hybridized carbons (Fsp3) is 0.588. The van der Waals surface area contributed by atoms with Crippen molar-refractivity contribution in [1.82, 2.24) is 4.90 Å². The summed E-state index contributed by atoms with van der Waals surface area (Å²) in [6.07, 6.45) is 0.373. The van der Waals surface area contributed by atoms with Gasteiger partial charge in [-0.2, -0.15) is 0 Å². The molecule has 1 atom stereocenters. The maximum absolute atomic E-state index is 12.3. The molecule has 0 aliphatic rings. The lowest BCUT2D eigenvalue weighted by Gasteiger charge is -2.28. The molecule has 0 saturated carbocycles. The number of hydrogen-bond donors (Lipinski definition) is 1. The Morgan fingerprint density at radius 3 is 2.27 bits per heavy atom. The van der Waals surface area contributed by atoms with E-state index in [0.717, 1.165) is 6.42 Å². The first kappa shape index (κ1) is 18.6. The largest absolute Gasteiger partial charge is 0.351 e. The van der Waals surface area contributed by atoms with Gasteiger partial charge in [-0.05, 0) is 32.8 Å². The SMILES string of the molecule is CCOC(CN(CCc1ccccc1)C(=O)[C@H](C)N)OCC. The Balaban J connectivity index is 2.68. The van der Waals surface area contributed by atoms with Crippen LogP contribution in [0, 0.1) is 0 Å². The van der Waals surface area contributed by atoms with Crippen molar-refractivity contribution in [3.63, 3.8) is 0 Å². The van der Waals surface area contributed by atoms with Crippen molar-refractivity contribution in [1.29, 1.82) is 0 Å². The van der Waals surface area contributed by atoms with Crippen LogP contribution in [0.25, 0.3) is 0 Å². The molecule has 5 heteroatoms. The Labute approximate surface area is 133 Å².